The standard InChI is InChI=1S/C15H14N4O/c16-7-3-9-19(10-4-8-17)15(20)14-11-12-5-1-2-6-13(12)18-14/h1-2,5-6,11,18H,3-4,9-10H2. The second-order valence-corrected chi connectivity index (χ2v) is 4.38. The van der Waals surface area contributed by atoms with Crippen LogP contribution >= 0.6 is 0 Å². The van der Waals surface area contributed by atoms with Crippen molar-refractivity contribution in [3.8, 4) is 12.1 Å². The van der Waals surface area contributed by atoms with Crippen LogP contribution in [0.3, 0.4) is 0 Å². The molecule has 5 nitrogen and oxygen atoms in total. The third-order valence-electron chi connectivity index (χ3n) is 3.03. The van der Waals surface area contributed by atoms with E-state index < -0.39 is 0 Å². The van der Waals surface area contributed by atoms with E-state index in [0.29, 0.717) is 18.8 Å². The van der Waals surface area contributed by atoms with Crippen LogP contribution in [0.5, 0.6) is 0 Å². The minimum Gasteiger partial charge on any atom is -0.351 e. The molecule has 20 heavy (non-hydrogen) atoms. The molecule has 0 fully saturated rings. The number of hydrogen-bond acceptors (Lipinski definition) is 3. The number of nitriles is 2. The maximum Gasteiger partial charge on any atom is 0.270 e. The monoisotopic (exact) mass is 266 g/mol. The summed E-state index contributed by atoms with van der Waals surface area (Å²) in [6, 6.07) is 13.5. The number of nitrogens with one attached hydrogen (secondary N) is 1. The second-order valence-electron chi connectivity index (χ2n) is 4.38. The van der Waals surface area contributed by atoms with Crippen molar-refractivity contribution < 1.29 is 4.79 Å². The Kier molecular flexibility index (Phi) is 4.36. The van der Waals surface area contributed by atoms with E-state index in [-0.39, 0.29) is 18.7 Å². The molecule has 0 aliphatic heterocycles. The van der Waals surface area contributed by atoms with Gasteiger partial charge in [-0.2, -0.15) is 10.5 Å². The van der Waals surface area contributed by atoms with E-state index in [1.807, 2.05) is 36.4 Å². The molecule has 0 bridgehead atoms. The van der Waals surface area contributed by atoms with Gasteiger partial charge in [0.15, 0.2) is 0 Å². The van der Waals surface area contributed by atoms with Gasteiger partial charge in [-0.25, -0.2) is 0 Å². The third kappa shape index (κ3) is 2.96. The molecular formula is C15H14N4O. The molecule has 1 heterocycles. The number of hydrogen-bond donors (Lipinski definition) is 1. The van der Waals surface area contributed by atoms with Gasteiger partial charge in [0.1, 0.15) is 5.69 Å². The number of aromatic nitrogens is 1. The maximum atomic E-state index is 12.4. The van der Waals surface area contributed by atoms with Crippen LogP contribution in [0.15, 0.2) is 30.3 Å². The van der Waals surface area contributed by atoms with Crippen LogP contribution in [0.1, 0.15) is 23.3 Å². The molecular weight excluding hydrogens is 252 g/mol. The number of carbonyl (C=O) groups is 1. The lowest BCUT2D eigenvalue weighted by Gasteiger charge is -2.19. The van der Waals surface area contributed by atoms with E-state index in [0.717, 1.165) is 10.9 Å². The Balaban J connectivity index is 2.21. The number of para-hydroxylation sites is 1. The van der Waals surface area contributed by atoms with E-state index in [1.54, 1.807) is 6.07 Å². The zero-order chi connectivity index (χ0) is 14.4. The van der Waals surface area contributed by atoms with Gasteiger partial charge < -0.3 is 9.88 Å². The van der Waals surface area contributed by atoms with E-state index >= 15 is 0 Å². The Labute approximate surface area is 117 Å². The summed E-state index contributed by atoms with van der Waals surface area (Å²) in [6.45, 7) is 0.679. The lowest BCUT2D eigenvalue weighted by molar-refractivity contribution is 0.0757. The average Bonchev–Trinajstić information content (AvgIpc) is 2.90. The van der Waals surface area contributed by atoms with Gasteiger partial charge in [0.05, 0.1) is 25.0 Å². The van der Waals surface area contributed by atoms with Crippen molar-refractivity contribution in [3.63, 3.8) is 0 Å². The van der Waals surface area contributed by atoms with Crippen LogP contribution < -0.4 is 0 Å². The highest BCUT2D eigenvalue weighted by Gasteiger charge is 2.17. The third-order valence-corrected chi connectivity index (χ3v) is 3.03. The van der Waals surface area contributed by atoms with E-state index in [9.17, 15) is 4.79 Å². The molecule has 5 heteroatoms. The summed E-state index contributed by atoms with van der Waals surface area (Å²) in [5.41, 5.74) is 1.39. The molecule has 0 radical (unpaired) electrons. The zero-order valence-corrected chi connectivity index (χ0v) is 11.0. The Bertz CT molecular complexity index is 639. The fourth-order valence-corrected chi connectivity index (χ4v) is 2.04. The first-order valence-electron chi connectivity index (χ1n) is 6.37. The van der Waals surface area contributed by atoms with Gasteiger partial charge in [-0.1, -0.05) is 18.2 Å². The van der Waals surface area contributed by atoms with Gasteiger partial charge in [-0.05, 0) is 12.1 Å². The summed E-state index contributed by atoms with van der Waals surface area (Å²) < 4.78 is 0. The van der Waals surface area contributed by atoms with Crippen molar-refractivity contribution >= 4 is 16.8 Å². The molecule has 2 rings (SSSR count). The van der Waals surface area contributed by atoms with Gasteiger partial charge in [-0.15, -0.1) is 0 Å². The molecule has 1 aromatic heterocycles. The normalized spacial score (nSPS) is 9.90. The number of rotatable bonds is 5. The van der Waals surface area contributed by atoms with E-state index in [1.165, 1.54) is 4.90 Å². The minimum atomic E-state index is -0.174. The van der Waals surface area contributed by atoms with Gasteiger partial charge in [0, 0.05) is 24.0 Å². The fourth-order valence-electron chi connectivity index (χ4n) is 2.04. The van der Waals surface area contributed by atoms with Crippen molar-refractivity contribution in [1.82, 2.24) is 9.88 Å². The predicted molar refractivity (Wildman–Crippen MR) is 74.7 cm³/mol. The molecule has 0 unspecified atom stereocenters. The molecule has 1 aromatic carbocycles. The van der Waals surface area contributed by atoms with Crippen LogP contribution in [0.2, 0.25) is 0 Å². The predicted octanol–water partition coefficient (Wildman–Crippen LogP) is 2.44. The number of carbonyl (C=O) groups excluding carboxylic acids is 1. The number of nitrogens with zero attached hydrogens (tertiary/aromatic N) is 3. The van der Waals surface area contributed by atoms with Crippen molar-refractivity contribution in [3.05, 3.63) is 36.0 Å². The highest BCUT2D eigenvalue weighted by atomic mass is 16.2. The quantitative estimate of drug-likeness (QED) is 0.902. The van der Waals surface area contributed by atoms with Gasteiger partial charge >= 0.3 is 0 Å². The molecule has 0 aliphatic carbocycles. The van der Waals surface area contributed by atoms with Crippen LogP contribution in [0, 0.1) is 22.7 Å². The lowest BCUT2D eigenvalue weighted by Crippen LogP contribution is -2.33. The van der Waals surface area contributed by atoms with Crippen molar-refractivity contribution in [2.24, 2.45) is 0 Å². The molecule has 2 aromatic rings. The summed E-state index contributed by atoms with van der Waals surface area (Å²) in [5, 5.41) is 18.3. The zero-order valence-electron chi connectivity index (χ0n) is 11.0. The molecule has 0 saturated heterocycles. The summed E-state index contributed by atoms with van der Waals surface area (Å²) >= 11 is 0. The van der Waals surface area contributed by atoms with Crippen LogP contribution in [-0.4, -0.2) is 28.9 Å². The van der Waals surface area contributed by atoms with Crippen molar-refractivity contribution in [2.45, 2.75) is 12.8 Å². The first-order valence-corrected chi connectivity index (χ1v) is 6.37. The number of amides is 1. The first-order chi connectivity index (χ1) is 9.76. The lowest BCUT2D eigenvalue weighted by atomic mass is 10.2. The minimum absolute atomic E-state index is 0.174. The molecule has 100 valence electrons. The first kappa shape index (κ1) is 13.6. The summed E-state index contributed by atoms with van der Waals surface area (Å²) in [5.74, 6) is -0.174. The molecule has 0 spiro atoms. The number of aromatic amines is 1. The molecule has 1 amide bonds. The SMILES string of the molecule is N#CCCN(CCC#N)C(=O)c1cc2ccccc2[nH]1. The van der Waals surface area contributed by atoms with Crippen LogP contribution in [-0.2, 0) is 0 Å². The maximum absolute atomic E-state index is 12.4. The number of benzene rings is 1. The number of H-pyrrole nitrogens is 1. The van der Waals surface area contributed by atoms with Crippen molar-refractivity contribution in [1.29, 1.82) is 10.5 Å². The Hall–Kier alpha value is -2.79. The van der Waals surface area contributed by atoms with Gasteiger partial charge in [0.25, 0.3) is 5.91 Å². The van der Waals surface area contributed by atoms with E-state index in [4.69, 9.17) is 10.5 Å². The van der Waals surface area contributed by atoms with Crippen molar-refractivity contribution in [2.75, 3.05) is 13.1 Å². The van der Waals surface area contributed by atoms with Crippen LogP contribution in [0.4, 0.5) is 0 Å². The van der Waals surface area contributed by atoms with Gasteiger partial charge in [0.2, 0.25) is 0 Å². The largest absolute Gasteiger partial charge is 0.351 e. The molecule has 1 N–H and O–H groups in total. The highest BCUT2D eigenvalue weighted by Crippen LogP contribution is 2.16. The fraction of sp³-hybridized carbons (Fsp3) is 0.267. The topological polar surface area (TPSA) is 83.7 Å². The van der Waals surface area contributed by atoms with Gasteiger partial charge in [-0.3, -0.25) is 4.79 Å². The molecule has 0 aliphatic rings. The highest BCUT2D eigenvalue weighted by molar-refractivity contribution is 5.98. The summed E-state index contributed by atoms with van der Waals surface area (Å²) in [6.07, 6.45) is 0.523. The summed E-state index contributed by atoms with van der Waals surface area (Å²) in [4.78, 5) is 17.0. The Morgan fingerprint density at radius 2 is 1.80 bits per heavy atom. The number of fused-ring (bicyclic) bond motifs is 1. The van der Waals surface area contributed by atoms with Crippen LogP contribution in [0.25, 0.3) is 10.9 Å². The molecule has 0 atom stereocenters. The molecule has 0 saturated carbocycles. The average molecular weight is 266 g/mol. The smallest absolute Gasteiger partial charge is 0.270 e. The second kappa shape index (κ2) is 6.40. The van der Waals surface area contributed by atoms with E-state index in [2.05, 4.69) is 4.98 Å². The summed E-state index contributed by atoms with van der Waals surface area (Å²) in [7, 11) is 0. The Morgan fingerprint density at radius 3 is 2.40 bits per heavy atom. The Morgan fingerprint density at radius 1 is 1.15 bits per heavy atom.